The highest BCUT2D eigenvalue weighted by Gasteiger charge is 2.43. The van der Waals surface area contributed by atoms with E-state index in [1.165, 1.54) is 16.1 Å². The summed E-state index contributed by atoms with van der Waals surface area (Å²) in [5, 5.41) is 16.6. The summed E-state index contributed by atoms with van der Waals surface area (Å²) < 4.78 is 1.27. The highest BCUT2D eigenvalue weighted by atomic mass is 16.4. The third-order valence-corrected chi connectivity index (χ3v) is 4.58. The van der Waals surface area contributed by atoms with E-state index in [9.17, 15) is 9.90 Å². The number of fused-ring (bicyclic) bond motifs is 1. The Morgan fingerprint density at radius 3 is 2.67 bits per heavy atom. The molecule has 4 N–H and O–H groups in total. The number of nitrogens with zero attached hydrogens (tertiary/aromatic N) is 3. The minimum atomic E-state index is -1.07. The summed E-state index contributed by atoms with van der Waals surface area (Å²) in [6, 6.07) is 13.6. The minimum Gasteiger partial charge on any atom is -0.477 e. The Kier molecular flexibility index (Phi) is 3.16. The smallest absolute Gasteiger partial charge is 0.354 e. The van der Waals surface area contributed by atoms with E-state index in [1.807, 2.05) is 6.07 Å². The first kappa shape index (κ1) is 14.5. The lowest BCUT2D eigenvalue weighted by molar-refractivity contribution is 0.0687. The molecular weight excluding hydrogens is 306 g/mol. The zero-order valence-electron chi connectivity index (χ0n) is 12.9. The van der Waals surface area contributed by atoms with Gasteiger partial charge in [0.05, 0.1) is 5.69 Å². The van der Waals surface area contributed by atoms with Gasteiger partial charge in [-0.2, -0.15) is 4.98 Å². The van der Waals surface area contributed by atoms with E-state index in [2.05, 4.69) is 39.7 Å². The molecule has 0 bridgehead atoms. The van der Waals surface area contributed by atoms with Gasteiger partial charge in [0, 0.05) is 12.0 Å². The fourth-order valence-electron chi connectivity index (χ4n) is 3.05. The topological polar surface area (TPSA) is 106 Å². The van der Waals surface area contributed by atoms with Gasteiger partial charge >= 0.3 is 5.97 Å². The molecule has 1 saturated carbocycles. The van der Waals surface area contributed by atoms with Crippen LogP contribution < -0.4 is 11.1 Å². The summed E-state index contributed by atoms with van der Waals surface area (Å²) in [4.78, 5) is 15.5. The number of carboxylic acids is 1. The van der Waals surface area contributed by atoms with Crippen molar-refractivity contribution in [1.82, 2.24) is 14.6 Å². The van der Waals surface area contributed by atoms with Gasteiger partial charge in [0.1, 0.15) is 0 Å². The molecule has 1 aliphatic carbocycles. The zero-order valence-corrected chi connectivity index (χ0v) is 12.9. The Labute approximate surface area is 138 Å². The minimum absolute atomic E-state index is 0.0314. The maximum absolute atomic E-state index is 11.3. The number of carbonyl (C=O) groups is 1. The van der Waals surface area contributed by atoms with Gasteiger partial charge in [-0.05, 0) is 30.5 Å². The fourth-order valence-corrected chi connectivity index (χ4v) is 3.05. The van der Waals surface area contributed by atoms with Crippen LogP contribution in [0.5, 0.6) is 0 Å². The van der Waals surface area contributed by atoms with E-state index < -0.39 is 5.97 Å². The molecule has 3 aromatic rings. The molecule has 0 unspecified atom stereocenters. The summed E-state index contributed by atoms with van der Waals surface area (Å²) in [5.41, 5.74) is 8.29. The lowest BCUT2D eigenvalue weighted by Crippen LogP contribution is -2.20. The van der Waals surface area contributed by atoms with Crippen molar-refractivity contribution >= 4 is 23.3 Å². The molecule has 0 saturated heterocycles. The van der Waals surface area contributed by atoms with Crippen LogP contribution in [0.25, 0.3) is 5.65 Å². The number of hydrogen-bond acceptors (Lipinski definition) is 5. The summed E-state index contributed by atoms with van der Waals surface area (Å²) in [7, 11) is 0. The third kappa shape index (κ3) is 2.34. The van der Waals surface area contributed by atoms with Crippen molar-refractivity contribution in [2.75, 3.05) is 17.6 Å². The van der Waals surface area contributed by atoms with E-state index in [4.69, 9.17) is 5.73 Å². The van der Waals surface area contributed by atoms with Crippen LogP contribution in [0.3, 0.4) is 0 Å². The molecular formula is C17H17N5O2. The molecule has 0 atom stereocenters. The third-order valence-electron chi connectivity index (χ3n) is 4.58. The Balaban J connectivity index is 1.64. The quantitative estimate of drug-likeness (QED) is 0.664. The second-order valence-corrected chi connectivity index (χ2v) is 6.14. The lowest BCUT2D eigenvalue weighted by atomic mass is 9.96. The first-order valence-electron chi connectivity index (χ1n) is 7.77. The van der Waals surface area contributed by atoms with Crippen LogP contribution in [-0.4, -0.2) is 32.2 Å². The average Bonchev–Trinajstić information content (AvgIpc) is 3.27. The van der Waals surface area contributed by atoms with Gasteiger partial charge in [-0.1, -0.05) is 30.3 Å². The second kappa shape index (κ2) is 5.23. The van der Waals surface area contributed by atoms with Crippen LogP contribution >= 0.6 is 0 Å². The van der Waals surface area contributed by atoms with Gasteiger partial charge in [0.25, 0.3) is 0 Å². The van der Waals surface area contributed by atoms with Crippen molar-refractivity contribution in [2.24, 2.45) is 0 Å². The van der Waals surface area contributed by atoms with Crippen molar-refractivity contribution in [3.8, 4) is 0 Å². The molecule has 0 aliphatic heterocycles. The number of nitrogens with two attached hydrogens (primary N) is 1. The summed E-state index contributed by atoms with van der Waals surface area (Å²) in [6.07, 6.45) is 2.25. The van der Waals surface area contributed by atoms with Gasteiger partial charge < -0.3 is 16.2 Å². The Morgan fingerprint density at radius 2 is 2.00 bits per heavy atom. The van der Waals surface area contributed by atoms with Crippen molar-refractivity contribution in [2.45, 2.75) is 18.3 Å². The number of carboxylic acid groups (broad SMARTS) is 1. The predicted molar refractivity (Wildman–Crippen MR) is 90.2 cm³/mol. The molecule has 2 aromatic heterocycles. The molecule has 1 aliphatic rings. The molecule has 4 rings (SSSR count). The van der Waals surface area contributed by atoms with Gasteiger partial charge in [0.2, 0.25) is 5.95 Å². The van der Waals surface area contributed by atoms with Crippen molar-refractivity contribution < 1.29 is 9.90 Å². The molecule has 24 heavy (non-hydrogen) atoms. The van der Waals surface area contributed by atoms with Crippen molar-refractivity contribution in [3.63, 3.8) is 0 Å². The summed E-state index contributed by atoms with van der Waals surface area (Å²) >= 11 is 0. The fraction of sp³-hybridized carbons (Fsp3) is 0.235. The summed E-state index contributed by atoms with van der Waals surface area (Å²) in [5.74, 6) is -1.02. The van der Waals surface area contributed by atoms with Crippen LogP contribution in [0.1, 0.15) is 28.9 Å². The Hall–Kier alpha value is -3.09. The van der Waals surface area contributed by atoms with E-state index in [1.54, 1.807) is 6.07 Å². The van der Waals surface area contributed by atoms with Crippen LogP contribution in [0.2, 0.25) is 0 Å². The monoisotopic (exact) mass is 323 g/mol. The molecule has 7 heteroatoms. The van der Waals surface area contributed by atoms with Gasteiger partial charge in [-0.15, -0.1) is 5.10 Å². The number of aromatic nitrogens is 3. The molecule has 0 amide bonds. The standard InChI is InChI=1S/C17H17N5O2/c18-16-20-14-12(6-7-13(15(23)24)22(14)21-16)19-10-17(8-9-17)11-4-2-1-3-5-11/h1-7,19H,8-10H2,(H2,18,21)(H,23,24). The molecule has 1 aromatic carbocycles. The molecule has 2 heterocycles. The first-order valence-corrected chi connectivity index (χ1v) is 7.77. The number of pyridine rings is 1. The van der Waals surface area contributed by atoms with Gasteiger partial charge in [0.15, 0.2) is 11.3 Å². The number of nitrogens with one attached hydrogen (secondary N) is 1. The second-order valence-electron chi connectivity index (χ2n) is 6.14. The maximum Gasteiger partial charge on any atom is 0.354 e. The molecule has 7 nitrogen and oxygen atoms in total. The van der Waals surface area contributed by atoms with E-state index in [-0.39, 0.29) is 17.1 Å². The Bertz CT molecular complexity index is 915. The molecule has 0 radical (unpaired) electrons. The highest BCUT2D eigenvalue weighted by molar-refractivity contribution is 5.88. The van der Waals surface area contributed by atoms with Gasteiger partial charge in [-0.25, -0.2) is 9.31 Å². The molecule has 0 spiro atoms. The first-order chi connectivity index (χ1) is 11.6. The number of aromatic carboxylic acids is 1. The van der Waals surface area contributed by atoms with Crippen molar-refractivity contribution in [1.29, 1.82) is 0 Å². The van der Waals surface area contributed by atoms with Crippen molar-refractivity contribution in [3.05, 3.63) is 53.7 Å². The van der Waals surface area contributed by atoms with Gasteiger partial charge in [-0.3, -0.25) is 0 Å². The number of rotatable bonds is 5. The summed E-state index contributed by atoms with van der Waals surface area (Å²) in [6.45, 7) is 0.756. The number of benzene rings is 1. The van der Waals surface area contributed by atoms with E-state index in [0.717, 1.165) is 25.1 Å². The maximum atomic E-state index is 11.3. The lowest BCUT2D eigenvalue weighted by Gasteiger charge is -2.17. The van der Waals surface area contributed by atoms with E-state index in [0.29, 0.717) is 5.65 Å². The largest absolute Gasteiger partial charge is 0.477 e. The number of anilines is 2. The number of nitrogen functional groups attached to an aromatic ring is 1. The Morgan fingerprint density at radius 1 is 1.25 bits per heavy atom. The zero-order chi connectivity index (χ0) is 16.7. The highest BCUT2D eigenvalue weighted by Crippen LogP contribution is 2.48. The number of hydrogen-bond donors (Lipinski definition) is 3. The van der Waals surface area contributed by atoms with Crippen LogP contribution in [0.15, 0.2) is 42.5 Å². The van der Waals surface area contributed by atoms with Crippen LogP contribution in [0.4, 0.5) is 11.6 Å². The average molecular weight is 323 g/mol. The SMILES string of the molecule is Nc1nc2c(NCC3(c4ccccc4)CC3)ccc(C(=O)O)n2n1. The van der Waals surface area contributed by atoms with Crippen LogP contribution in [-0.2, 0) is 5.41 Å². The van der Waals surface area contributed by atoms with E-state index >= 15 is 0 Å². The normalized spacial score (nSPS) is 15.3. The predicted octanol–water partition coefficient (Wildman–Crippen LogP) is 2.15. The molecule has 1 fully saturated rings. The van der Waals surface area contributed by atoms with Crippen LogP contribution in [0, 0.1) is 0 Å². The molecule has 122 valence electrons.